The van der Waals surface area contributed by atoms with E-state index in [2.05, 4.69) is 46.1 Å². The standard InChI is InChI=1S/C25H35N3O3/c1-5-31-25(30)23-18(2)24(26-19(23)3)22(29)17-28-13-11-21(12-14-28)16-27(4)15-20-9-7-6-8-10-20/h6-10,21,26H,5,11-17H2,1-4H3. The Morgan fingerprint density at radius 3 is 2.48 bits per heavy atom. The molecule has 6 nitrogen and oxygen atoms in total. The van der Waals surface area contributed by atoms with Crippen LogP contribution in [-0.4, -0.2) is 66.4 Å². The van der Waals surface area contributed by atoms with Crippen molar-refractivity contribution in [2.24, 2.45) is 5.92 Å². The number of aryl methyl sites for hydroxylation is 1. The molecule has 168 valence electrons. The van der Waals surface area contributed by atoms with Gasteiger partial charge in [0.05, 0.1) is 24.4 Å². The molecule has 1 aromatic carbocycles. The summed E-state index contributed by atoms with van der Waals surface area (Å²) in [5, 5.41) is 0. The number of carbonyl (C=O) groups is 2. The number of likely N-dealkylation sites (tertiary alicyclic amines) is 1. The van der Waals surface area contributed by atoms with E-state index < -0.39 is 0 Å². The van der Waals surface area contributed by atoms with E-state index in [1.165, 1.54) is 5.56 Å². The van der Waals surface area contributed by atoms with Crippen LogP contribution in [0.3, 0.4) is 0 Å². The highest BCUT2D eigenvalue weighted by atomic mass is 16.5. The quantitative estimate of drug-likeness (QED) is 0.489. The van der Waals surface area contributed by atoms with Crippen molar-refractivity contribution in [3.05, 3.63) is 58.4 Å². The first kappa shape index (κ1) is 23.2. The lowest BCUT2D eigenvalue weighted by molar-refractivity contribution is 0.0525. The molecule has 0 saturated carbocycles. The van der Waals surface area contributed by atoms with Crippen LogP contribution in [0.1, 0.15) is 57.4 Å². The predicted molar refractivity (Wildman–Crippen MR) is 122 cm³/mol. The summed E-state index contributed by atoms with van der Waals surface area (Å²) in [6.45, 7) is 10.0. The highest BCUT2D eigenvalue weighted by Crippen LogP contribution is 2.22. The van der Waals surface area contributed by atoms with Crippen LogP contribution in [0.25, 0.3) is 0 Å². The number of Topliss-reactive ketones (excluding diaryl/α,β-unsaturated/α-hetero) is 1. The van der Waals surface area contributed by atoms with Gasteiger partial charge in [-0.1, -0.05) is 30.3 Å². The van der Waals surface area contributed by atoms with Gasteiger partial charge in [-0.3, -0.25) is 9.69 Å². The summed E-state index contributed by atoms with van der Waals surface area (Å²) in [6, 6.07) is 10.6. The van der Waals surface area contributed by atoms with E-state index in [0.29, 0.717) is 41.6 Å². The Balaban J connectivity index is 1.49. The van der Waals surface area contributed by atoms with Gasteiger partial charge >= 0.3 is 5.97 Å². The number of rotatable bonds is 9. The van der Waals surface area contributed by atoms with Crippen LogP contribution < -0.4 is 0 Å². The minimum Gasteiger partial charge on any atom is -0.462 e. The number of piperidine rings is 1. The van der Waals surface area contributed by atoms with E-state index in [1.807, 2.05) is 19.9 Å². The van der Waals surface area contributed by atoms with Gasteiger partial charge in [-0.15, -0.1) is 0 Å². The third-order valence-corrected chi connectivity index (χ3v) is 6.14. The zero-order chi connectivity index (χ0) is 22.4. The summed E-state index contributed by atoms with van der Waals surface area (Å²) in [5.74, 6) is 0.328. The number of ether oxygens (including phenoxy) is 1. The number of carbonyl (C=O) groups excluding carboxylic acids is 2. The lowest BCUT2D eigenvalue weighted by atomic mass is 9.95. The second kappa shape index (κ2) is 10.7. The first-order valence-electron chi connectivity index (χ1n) is 11.2. The molecule has 31 heavy (non-hydrogen) atoms. The van der Waals surface area contributed by atoms with Crippen molar-refractivity contribution in [3.63, 3.8) is 0 Å². The Kier molecular flexibility index (Phi) is 8.04. The molecule has 2 heterocycles. The second-order valence-electron chi connectivity index (χ2n) is 8.67. The van der Waals surface area contributed by atoms with Crippen molar-refractivity contribution < 1.29 is 14.3 Å². The van der Waals surface area contributed by atoms with Crippen LogP contribution >= 0.6 is 0 Å². The fourth-order valence-corrected chi connectivity index (χ4v) is 4.55. The lowest BCUT2D eigenvalue weighted by Gasteiger charge is -2.33. The zero-order valence-electron chi connectivity index (χ0n) is 19.2. The zero-order valence-corrected chi connectivity index (χ0v) is 19.2. The van der Waals surface area contributed by atoms with Gasteiger partial charge in [0, 0.05) is 18.8 Å². The summed E-state index contributed by atoms with van der Waals surface area (Å²) < 4.78 is 5.13. The van der Waals surface area contributed by atoms with Crippen LogP contribution in [0.2, 0.25) is 0 Å². The van der Waals surface area contributed by atoms with Gasteiger partial charge in [-0.05, 0) is 70.8 Å². The van der Waals surface area contributed by atoms with Gasteiger partial charge in [-0.25, -0.2) is 4.79 Å². The molecule has 1 aromatic heterocycles. The Bertz CT molecular complexity index is 883. The third-order valence-electron chi connectivity index (χ3n) is 6.14. The molecular formula is C25H35N3O3. The number of ketones is 1. The van der Waals surface area contributed by atoms with Gasteiger partial charge in [0.25, 0.3) is 0 Å². The average molecular weight is 426 g/mol. The minimum atomic E-state index is -0.367. The third kappa shape index (κ3) is 6.05. The summed E-state index contributed by atoms with van der Waals surface area (Å²) >= 11 is 0. The number of esters is 1. The molecule has 1 N–H and O–H groups in total. The van der Waals surface area contributed by atoms with Crippen molar-refractivity contribution in [2.45, 2.75) is 40.2 Å². The SMILES string of the molecule is CCOC(=O)c1c(C)[nH]c(C(=O)CN2CCC(CN(C)Cc3ccccc3)CC2)c1C. The van der Waals surface area contributed by atoms with Gasteiger partial charge in [0.1, 0.15) is 0 Å². The molecule has 6 heteroatoms. The molecule has 0 unspecified atom stereocenters. The number of H-pyrrole nitrogens is 1. The van der Waals surface area contributed by atoms with Gasteiger partial charge in [0.2, 0.25) is 0 Å². The number of aromatic nitrogens is 1. The molecule has 3 rings (SSSR count). The monoisotopic (exact) mass is 425 g/mol. The first-order chi connectivity index (χ1) is 14.9. The molecule has 0 spiro atoms. The maximum atomic E-state index is 12.9. The normalized spacial score (nSPS) is 15.4. The minimum absolute atomic E-state index is 0.0378. The molecular weight excluding hydrogens is 390 g/mol. The van der Waals surface area contributed by atoms with E-state index in [1.54, 1.807) is 6.92 Å². The fourth-order valence-electron chi connectivity index (χ4n) is 4.55. The van der Waals surface area contributed by atoms with Crippen LogP contribution in [-0.2, 0) is 11.3 Å². The number of hydrogen-bond acceptors (Lipinski definition) is 5. The fraction of sp³-hybridized carbons (Fsp3) is 0.520. The van der Waals surface area contributed by atoms with E-state index in [0.717, 1.165) is 39.0 Å². The van der Waals surface area contributed by atoms with E-state index in [4.69, 9.17) is 4.74 Å². The highest BCUT2D eigenvalue weighted by molar-refractivity contribution is 6.02. The number of nitrogens with zero attached hydrogens (tertiary/aromatic N) is 2. The average Bonchev–Trinajstić information content (AvgIpc) is 3.04. The van der Waals surface area contributed by atoms with Crippen LogP contribution in [0.4, 0.5) is 0 Å². The smallest absolute Gasteiger partial charge is 0.340 e. The van der Waals surface area contributed by atoms with Crippen molar-refractivity contribution >= 4 is 11.8 Å². The van der Waals surface area contributed by atoms with E-state index in [9.17, 15) is 9.59 Å². The Hall–Kier alpha value is -2.44. The maximum Gasteiger partial charge on any atom is 0.340 e. The summed E-state index contributed by atoms with van der Waals surface area (Å²) in [6.07, 6.45) is 2.20. The number of nitrogens with one attached hydrogen (secondary N) is 1. The molecule has 1 aliphatic rings. The molecule has 0 radical (unpaired) electrons. The topological polar surface area (TPSA) is 65.6 Å². The Labute approximate surface area is 185 Å². The van der Waals surface area contributed by atoms with Crippen molar-refractivity contribution in [1.82, 2.24) is 14.8 Å². The molecule has 1 saturated heterocycles. The van der Waals surface area contributed by atoms with Crippen LogP contribution in [0.15, 0.2) is 30.3 Å². The summed E-state index contributed by atoms with van der Waals surface area (Å²) in [4.78, 5) is 32.8. The second-order valence-corrected chi connectivity index (χ2v) is 8.67. The molecule has 2 aromatic rings. The Morgan fingerprint density at radius 2 is 1.84 bits per heavy atom. The maximum absolute atomic E-state index is 12.9. The first-order valence-corrected chi connectivity index (χ1v) is 11.2. The van der Waals surface area contributed by atoms with Gasteiger partial charge in [0.15, 0.2) is 5.78 Å². The largest absolute Gasteiger partial charge is 0.462 e. The van der Waals surface area contributed by atoms with Gasteiger partial charge in [-0.2, -0.15) is 0 Å². The van der Waals surface area contributed by atoms with E-state index >= 15 is 0 Å². The molecule has 1 fully saturated rings. The number of aromatic amines is 1. The molecule has 1 aliphatic heterocycles. The summed E-state index contributed by atoms with van der Waals surface area (Å²) in [7, 11) is 2.18. The Morgan fingerprint density at radius 1 is 1.16 bits per heavy atom. The molecule has 0 atom stereocenters. The van der Waals surface area contributed by atoms with Gasteiger partial charge < -0.3 is 14.6 Å². The predicted octanol–water partition coefficient (Wildman–Crippen LogP) is 3.83. The van der Waals surface area contributed by atoms with Crippen LogP contribution in [0, 0.1) is 19.8 Å². The number of benzene rings is 1. The van der Waals surface area contributed by atoms with Crippen LogP contribution in [0.5, 0.6) is 0 Å². The molecule has 0 amide bonds. The van der Waals surface area contributed by atoms with Crippen molar-refractivity contribution in [1.29, 1.82) is 0 Å². The lowest BCUT2D eigenvalue weighted by Crippen LogP contribution is -2.40. The van der Waals surface area contributed by atoms with E-state index in [-0.39, 0.29) is 11.8 Å². The van der Waals surface area contributed by atoms with Crippen molar-refractivity contribution in [2.75, 3.05) is 39.8 Å². The van der Waals surface area contributed by atoms with Crippen molar-refractivity contribution in [3.8, 4) is 0 Å². The highest BCUT2D eigenvalue weighted by Gasteiger charge is 2.26. The molecule has 0 bridgehead atoms. The number of hydrogen-bond donors (Lipinski definition) is 1. The summed E-state index contributed by atoms with van der Waals surface area (Å²) in [5.41, 5.74) is 3.75. The molecule has 0 aliphatic carbocycles.